The minimum atomic E-state index is -1.91. The Morgan fingerprint density at radius 2 is 1.59 bits per heavy atom. The molecule has 10 heteroatoms. The van der Waals surface area contributed by atoms with E-state index in [1.54, 1.807) is 19.2 Å². The zero-order valence-corrected chi connectivity index (χ0v) is 20.0. The second-order valence-corrected chi connectivity index (χ2v) is 8.50. The third kappa shape index (κ3) is 5.54. The maximum Gasteiger partial charge on any atom is 0.272 e. The number of carbonyl (C=O) groups excluding carboxylic acids is 3. The molecule has 190 valence electrons. The lowest BCUT2D eigenvalue weighted by Crippen LogP contribution is -2.52. The fourth-order valence-electron chi connectivity index (χ4n) is 3.94. The summed E-state index contributed by atoms with van der Waals surface area (Å²) in [6.45, 7) is 1.34. The number of hydrogen-bond donors (Lipinski definition) is 3. The van der Waals surface area contributed by atoms with Crippen molar-refractivity contribution in [2.45, 2.75) is 25.2 Å². The van der Waals surface area contributed by atoms with E-state index in [-0.39, 0.29) is 5.56 Å². The van der Waals surface area contributed by atoms with Gasteiger partial charge in [-0.25, -0.2) is 13.8 Å². The molecule has 3 amide bonds. The minimum Gasteiger partial charge on any atom is -0.378 e. The first-order valence-corrected chi connectivity index (χ1v) is 11.4. The fraction of sp³-hybridized carbons (Fsp3) is 0.185. The van der Waals surface area contributed by atoms with Gasteiger partial charge in [0.1, 0.15) is 17.7 Å². The van der Waals surface area contributed by atoms with Crippen LogP contribution in [0.4, 0.5) is 14.5 Å². The average molecular weight is 507 g/mol. The Hall–Kier alpha value is -4.44. The highest BCUT2D eigenvalue weighted by Crippen LogP contribution is 2.27. The molecule has 3 atom stereocenters. The van der Waals surface area contributed by atoms with Gasteiger partial charge < -0.3 is 20.6 Å². The summed E-state index contributed by atoms with van der Waals surface area (Å²) in [5.41, 5.74) is 2.24. The van der Waals surface area contributed by atoms with Gasteiger partial charge in [0.2, 0.25) is 12.1 Å². The molecule has 8 nitrogen and oxygen atoms in total. The van der Waals surface area contributed by atoms with Crippen LogP contribution in [0.5, 0.6) is 0 Å². The highest BCUT2D eigenvalue weighted by molar-refractivity contribution is 6.20. The van der Waals surface area contributed by atoms with Gasteiger partial charge in [-0.05, 0) is 30.7 Å². The van der Waals surface area contributed by atoms with Crippen molar-refractivity contribution in [3.8, 4) is 0 Å². The number of benzene rings is 3. The molecule has 0 aromatic heterocycles. The molecule has 0 saturated heterocycles. The molecule has 0 spiro atoms. The molecular formula is C27H24F2N4O4. The van der Waals surface area contributed by atoms with Crippen molar-refractivity contribution in [1.29, 1.82) is 0 Å². The van der Waals surface area contributed by atoms with Gasteiger partial charge in [0.05, 0.1) is 11.4 Å². The second kappa shape index (κ2) is 10.7. The van der Waals surface area contributed by atoms with E-state index in [2.05, 4.69) is 15.6 Å². The van der Waals surface area contributed by atoms with Crippen molar-refractivity contribution < 1.29 is 28.3 Å². The summed E-state index contributed by atoms with van der Waals surface area (Å²) in [4.78, 5) is 44.6. The van der Waals surface area contributed by atoms with Crippen molar-refractivity contribution in [3.63, 3.8) is 0 Å². The molecule has 1 aliphatic rings. The Morgan fingerprint density at radius 1 is 0.973 bits per heavy atom. The van der Waals surface area contributed by atoms with Crippen molar-refractivity contribution in [2.75, 3.05) is 11.9 Å². The molecule has 4 rings (SSSR count). The molecule has 0 radical (unpaired) electrons. The maximum atomic E-state index is 13.5. The summed E-state index contributed by atoms with van der Waals surface area (Å²) in [5.74, 6) is -4.22. The number of aliphatic hydroxyl groups is 1. The first-order chi connectivity index (χ1) is 17.7. The number of nitrogens with zero attached hydrogens (tertiary/aromatic N) is 2. The topological polar surface area (TPSA) is 111 Å². The van der Waals surface area contributed by atoms with Crippen molar-refractivity contribution in [2.24, 2.45) is 4.99 Å². The van der Waals surface area contributed by atoms with Crippen LogP contribution in [0.1, 0.15) is 29.7 Å². The summed E-state index contributed by atoms with van der Waals surface area (Å²) in [7, 11) is 1.57. The lowest BCUT2D eigenvalue weighted by atomic mass is 10.0. The van der Waals surface area contributed by atoms with E-state index in [1.807, 2.05) is 42.5 Å². The summed E-state index contributed by atoms with van der Waals surface area (Å²) in [6.07, 6.45) is -3.22. The number of fused-ring (bicyclic) bond motifs is 1. The Balaban J connectivity index is 1.55. The molecule has 0 fully saturated rings. The molecule has 3 aromatic carbocycles. The quantitative estimate of drug-likeness (QED) is 0.477. The Bertz CT molecular complexity index is 1360. The molecule has 1 aliphatic heterocycles. The number of para-hydroxylation sites is 1. The molecule has 3 aromatic rings. The van der Waals surface area contributed by atoms with Crippen LogP contribution in [-0.2, 0) is 14.4 Å². The van der Waals surface area contributed by atoms with Crippen LogP contribution in [0.25, 0.3) is 0 Å². The van der Waals surface area contributed by atoms with Crippen LogP contribution in [0.3, 0.4) is 0 Å². The van der Waals surface area contributed by atoms with Gasteiger partial charge in [0.15, 0.2) is 6.10 Å². The third-order valence-electron chi connectivity index (χ3n) is 5.87. The molecule has 3 N–H and O–H groups in total. The van der Waals surface area contributed by atoms with E-state index in [4.69, 9.17) is 0 Å². The molecule has 0 aliphatic carbocycles. The third-order valence-corrected chi connectivity index (χ3v) is 5.87. The number of aliphatic hydroxyl groups excluding tert-OH is 1. The Kier molecular flexibility index (Phi) is 7.40. The van der Waals surface area contributed by atoms with Crippen LogP contribution in [0.15, 0.2) is 77.8 Å². The maximum absolute atomic E-state index is 13.5. The van der Waals surface area contributed by atoms with Crippen LogP contribution < -0.4 is 15.5 Å². The number of anilines is 1. The Morgan fingerprint density at radius 3 is 2.27 bits per heavy atom. The van der Waals surface area contributed by atoms with Gasteiger partial charge in [-0.1, -0.05) is 48.5 Å². The van der Waals surface area contributed by atoms with Crippen molar-refractivity contribution >= 4 is 29.1 Å². The van der Waals surface area contributed by atoms with E-state index in [1.165, 1.54) is 11.8 Å². The van der Waals surface area contributed by atoms with Gasteiger partial charge in [0.25, 0.3) is 11.8 Å². The first-order valence-electron chi connectivity index (χ1n) is 11.4. The number of rotatable bonds is 6. The van der Waals surface area contributed by atoms with E-state index in [0.717, 1.165) is 17.7 Å². The highest BCUT2D eigenvalue weighted by Gasteiger charge is 2.32. The zero-order chi connectivity index (χ0) is 26.7. The summed E-state index contributed by atoms with van der Waals surface area (Å²) >= 11 is 0. The van der Waals surface area contributed by atoms with Gasteiger partial charge in [-0.3, -0.25) is 14.4 Å². The zero-order valence-electron chi connectivity index (χ0n) is 20.0. The number of aliphatic imine (C=N–C) groups is 1. The molecular weight excluding hydrogens is 482 g/mol. The second-order valence-electron chi connectivity index (χ2n) is 8.50. The normalized spacial score (nSPS) is 16.7. The monoisotopic (exact) mass is 506 g/mol. The first kappa shape index (κ1) is 25.6. The summed E-state index contributed by atoms with van der Waals surface area (Å²) in [5, 5.41) is 15.0. The minimum absolute atomic E-state index is 0.307. The highest BCUT2D eigenvalue weighted by atomic mass is 19.1. The van der Waals surface area contributed by atoms with Gasteiger partial charge >= 0.3 is 0 Å². The van der Waals surface area contributed by atoms with Crippen LogP contribution >= 0.6 is 0 Å². The number of hydrogen-bond acceptors (Lipinski definition) is 5. The van der Waals surface area contributed by atoms with Crippen LogP contribution in [0.2, 0.25) is 0 Å². The SMILES string of the molecule is C[C@H](NC(=O)C(O)c1cc(F)cc(F)c1)C(=O)NC1N=C(c2ccccc2)c2ccccc2N(C)C1=O. The summed E-state index contributed by atoms with van der Waals surface area (Å²) < 4.78 is 26.9. The largest absolute Gasteiger partial charge is 0.378 e. The number of carbonyl (C=O) groups is 3. The predicted octanol–water partition coefficient (Wildman–Crippen LogP) is 2.46. The number of amides is 3. The van der Waals surface area contributed by atoms with Gasteiger partial charge in [-0.15, -0.1) is 0 Å². The van der Waals surface area contributed by atoms with Crippen molar-refractivity contribution in [3.05, 3.63) is 101 Å². The molecule has 0 saturated carbocycles. The molecule has 1 heterocycles. The number of halogens is 2. The van der Waals surface area contributed by atoms with E-state index in [9.17, 15) is 28.3 Å². The molecule has 2 unspecified atom stereocenters. The fourth-order valence-corrected chi connectivity index (χ4v) is 3.94. The van der Waals surface area contributed by atoms with Crippen LogP contribution in [0, 0.1) is 11.6 Å². The molecule has 0 bridgehead atoms. The van der Waals surface area contributed by atoms with Gasteiger partial charge in [0, 0.05) is 24.2 Å². The van der Waals surface area contributed by atoms with E-state index >= 15 is 0 Å². The number of benzodiazepines with no additional fused rings is 1. The number of likely N-dealkylation sites (N-methyl/N-ethyl adjacent to an activating group) is 1. The van der Waals surface area contributed by atoms with Gasteiger partial charge in [-0.2, -0.15) is 0 Å². The smallest absolute Gasteiger partial charge is 0.272 e. The molecule has 37 heavy (non-hydrogen) atoms. The van der Waals surface area contributed by atoms with E-state index < -0.39 is 47.7 Å². The lowest BCUT2D eigenvalue weighted by molar-refractivity contribution is -0.134. The predicted molar refractivity (Wildman–Crippen MR) is 133 cm³/mol. The number of nitrogens with one attached hydrogen (secondary N) is 2. The van der Waals surface area contributed by atoms with E-state index in [0.29, 0.717) is 23.0 Å². The summed E-state index contributed by atoms with van der Waals surface area (Å²) in [6, 6.07) is 17.4. The lowest BCUT2D eigenvalue weighted by Gasteiger charge is -2.22. The standard InChI is InChI=1S/C27H24F2N4O4/c1-15(30-26(36)23(34)17-12-18(28)14-19(29)13-17)25(35)32-24-27(37)33(2)21-11-7-6-10-20(21)22(31-24)16-8-4-3-5-9-16/h3-15,23-24,34H,1-2H3,(H,30,36)(H,32,35)/t15-,23?,24?/m0/s1. The van der Waals surface area contributed by atoms with Crippen molar-refractivity contribution in [1.82, 2.24) is 10.6 Å². The Labute approximate surface area is 211 Å². The average Bonchev–Trinajstić information content (AvgIpc) is 2.98. The van der Waals surface area contributed by atoms with Crippen LogP contribution in [-0.4, -0.2) is 47.8 Å².